The van der Waals surface area contributed by atoms with E-state index >= 15 is 0 Å². The van der Waals surface area contributed by atoms with Gasteiger partial charge in [0.25, 0.3) is 0 Å². The van der Waals surface area contributed by atoms with Crippen LogP contribution in [0.4, 0.5) is 4.39 Å². The molecule has 1 aromatic heterocycles. The lowest BCUT2D eigenvalue weighted by Crippen LogP contribution is -2.20. The lowest BCUT2D eigenvalue weighted by atomic mass is 10.1. The van der Waals surface area contributed by atoms with E-state index in [9.17, 15) is 9.18 Å². The molecule has 0 bridgehead atoms. The van der Waals surface area contributed by atoms with Crippen LogP contribution in [0, 0.1) is 12.9 Å². The Labute approximate surface area is 94.4 Å². The molecule has 4 heteroatoms. The van der Waals surface area contributed by atoms with Crippen LogP contribution < -0.4 is 5.32 Å². The van der Waals surface area contributed by atoms with E-state index in [-0.39, 0.29) is 5.91 Å². The summed E-state index contributed by atoms with van der Waals surface area (Å²) in [5, 5.41) is 2.68. The fraction of sp³-hybridized carbons (Fsp3) is 0.333. The first-order chi connectivity index (χ1) is 7.61. The Bertz CT molecular complexity index is 402. The van der Waals surface area contributed by atoms with E-state index in [1.807, 2.05) is 12.2 Å². The molecule has 1 N–H and O–H groups in total. The number of pyridine rings is 1. The van der Waals surface area contributed by atoms with Crippen molar-refractivity contribution in [3.8, 4) is 0 Å². The van der Waals surface area contributed by atoms with Crippen LogP contribution in [0.25, 0.3) is 6.08 Å². The van der Waals surface area contributed by atoms with Gasteiger partial charge in [-0.25, -0.2) is 4.98 Å². The molecule has 0 spiro atoms. The summed E-state index contributed by atoms with van der Waals surface area (Å²) >= 11 is 0. The maximum atomic E-state index is 13.1. The fourth-order valence-corrected chi connectivity index (χ4v) is 1.25. The molecular formula is C12H15FN2O. The molecule has 3 nitrogen and oxygen atoms in total. The molecule has 0 saturated carbocycles. The minimum absolute atomic E-state index is 0.0421. The topological polar surface area (TPSA) is 42.0 Å². The summed E-state index contributed by atoms with van der Waals surface area (Å²) in [5.74, 6) is -0.483. The van der Waals surface area contributed by atoms with Crippen molar-refractivity contribution in [3.05, 3.63) is 35.4 Å². The largest absolute Gasteiger partial charge is 0.356 e. The molecule has 0 radical (unpaired) electrons. The Morgan fingerprint density at radius 1 is 1.62 bits per heavy atom. The molecule has 0 aliphatic rings. The molecule has 0 saturated heterocycles. The van der Waals surface area contributed by atoms with Crippen LogP contribution in [0.5, 0.6) is 0 Å². The predicted octanol–water partition coefficient (Wildman–Crippen LogP) is 2.07. The van der Waals surface area contributed by atoms with Gasteiger partial charge in [0.2, 0.25) is 11.9 Å². The van der Waals surface area contributed by atoms with Gasteiger partial charge in [0.1, 0.15) is 0 Å². The quantitative estimate of drug-likeness (QED) is 0.626. The Hall–Kier alpha value is -1.71. The van der Waals surface area contributed by atoms with Crippen molar-refractivity contribution >= 4 is 12.0 Å². The summed E-state index contributed by atoms with van der Waals surface area (Å²) in [6.45, 7) is 3.76. The van der Waals surface area contributed by atoms with Crippen molar-refractivity contribution in [1.29, 1.82) is 0 Å². The smallest absolute Gasteiger partial charge is 0.216 e. The molecule has 1 amide bonds. The molecule has 1 heterocycles. The van der Waals surface area contributed by atoms with Gasteiger partial charge in [0, 0.05) is 25.2 Å². The summed E-state index contributed by atoms with van der Waals surface area (Å²) in [6, 6.07) is 1.76. The second-order valence-corrected chi connectivity index (χ2v) is 3.49. The number of nitrogens with zero attached hydrogens (tertiary/aromatic N) is 1. The highest BCUT2D eigenvalue weighted by Gasteiger charge is 2.00. The van der Waals surface area contributed by atoms with E-state index in [0.29, 0.717) is 12.1 Å². The van der Waals surface area contributed by atoms with Crippen LogP contribution in [0.1, 0.15) is 24.5 Å². The van der Waals surface area contributed by atoms with Gasteiger partial charge in [0.05, 0.1) is 0 Å². The molecule has 0 aliphatic heterocycles. The normalized spacial score (nSPS) is 10.7. The first-order valence-corrected chi connectivity index (χ1v) is 5.13. The zero-order valence-corrected chi connectivity index (χ0v) is 9.46. The lowest BCUT2D eigenvalue weighted by molar-refractivity contribution is -0.118. The van der Waals surface area contributed by atoms with Crippen molar-refractivity contribution < 1.29 is 9.18 Å². The van der Waals surface area contributed by atoms with Crippen molar-refractivity contribution in [1.82, 2.24) is 10.3 Å². The number of amides is 1. The molecule has 0 aliphatic carbocycles. The summed E-state index contributed by atoms with van der Waals surface area (Å²) < 4.78 is 13.1. The average Bonchev–Trinajstić information content (AvgIpc) is 2.23. The highest BCUT2D eigenvalue weighted by atomic mass is 19.1. The number of carbonyl (C=O) groups excluding carboxylic acids is 1. The SMILES string of the molecule is CC(=O)NCCC=Cc1ccnc(F)c1C. The van der Waals surface area contributed by atoms with Crippen LogP contribution >= 0.6 is 0 Å². The number of hydrogen-bond donors (Lipinski definition) is 1. The maximum Gasteiger partial charge on any atom is 0.216 e. The molecule has 0 fully saturated rings. The zero-order chi connectivity index (χ0) is 12.0. The maximum absolute atomic E-state index is 13.1. The van der Waals surface area contributed by atoms with Crippen molar-refractivity contribution in [2.24, 2.45) is 0 Å². The number of carbonyl (C=O) groups is 1. The van der Waals surface area contributed by atoms with E-state index in [1.165, 1.54) is 13.1 Å². The minimum Gasteiger partial charge on any atom is -0.356 e. The first kappa shape index (κ1) is 12.4. The van der Waals surface area contributed by atoms with E-state index in [2.05, 4.69) is 10.3 Å². The van der Waals surface area contributed by atoms with Gasteiger partial charge in [0.15, 0.2) is 0 Å². The van der Waals surface area contributed by atoms with Crippen molar-refractivity contribution in [3.63, 3.8) is 0 Å². The van der Waals surface area contributed by atoms with Crippen molar-refractivity contribution in [2.75, 3.05) is 6.54 Å². The predicted molar refractivity (Wildman–Crippen MR) is 61.3 cm³/mol. The van der Waals surface area contributed by atoms with E-state index < -0.39 is 5.95 Å². The Morgan fingerprint density at radius 2 is 2.38 bits per heavy atom. The zero-order valence-electron chi connectivity index (χ0n) is 9.46. The number of nitrogens with one attached hydrogen (secondary N) is 1. The van der Waals surface area contributed by atoms with E-state index in [1.54, 1.807) is 13.0 Å². The van der Waals surface area contributed by atoms with Crippen LogP contribution in [0.2, 0.25) is 0 Å². The Morgan fingerprint density at radius 3 is 3.06 bits per heavy atom. The number of rotatable bonds is 4. The summed E-state index contributed by atoms with van der Waals surface area (Å²) in [7, 11) is 0. The molecule has 0 atom stereocenters. The highest BCUT2D eigenvalue weighted by Crippen LogP contribution is 2.11. The fourth-order valence-electron chi connectivity index (χ4n) is 1.25. The summed E-state index contributed by atoms with van der Waals surface area (Å²) in [5.41, 5.74) is 1.36. The van der Waals surface area contributed by atoms with Gasteiger partial charge in [-0.2, -0.15) is 4.39 Å². The standard InChI is InChI=1S/C12H15FN2O/c1-9-11(6-8-15-12(9)13)5-3-4-7-14-10(2)16/h3,5-6,8H,4,7H2,1-2H3,(H,14,16). The third-order valence-electron chi connectivity index (χ3n) is 2.17. The van der Waals surface area contributed by atoms with E-state index in [0.717, 1.165) is 12.0 Å². The summed E-state index contributed by atoms with van der Waals surface area (Å²) in [4.78, 5) is 14.1. The molecule has 86 valence electrons. The van der Waals surface area contributed by atoms with Gasteiger partial charge in [-0.05, 0) is 25.0 Å². The van der Waals surface area contributed by atoms with E-state index in [4.69, 9.17) is 0 Å². The van der Waals surface area contributed by atoms with Gasteiger partial charge in [-0.3, -0.25) is 4.79 Å². The molecule has 0 unspecified atom stereocenters. The number of aromatic nitrogens is 1. The van der Waals surface area contributed by atoms with Crippen LogP contribution in [-0.4, -0.2) is 17.4 Å². The molecule has 16 heavy (non-hydrogen) atoms. The van der Waals surface area contributed by atoms with Crippen LogP contribution in [0.3, 0.4) is 0 Å². The molecule has 0 aromatic carbocycles. The van der Waals surface area contributed by atoms with Crippen LogP contribution in [0.15, 0.2) is 18.3 Å². The van der Waals surface area contributed by atoms with Gasteiger partial charge in [-0.15, -0.1) is 0 Å². The van der Waals surface area contributed by atoms with Crippen LogP contribution in [-0.2, 0) is 4.79 Å². The Balaban J connectivity index is 2.50. The second-order valence-electron chi connectivity index (χ2n) is 3.49. The van der Waals surface area contributed by atoms with Gasteiger partial charge >= 0.3 is 0 Å². The summed E-state index contributed by atoms with van der Waals surface area (Å²) in [6.07, 6.45) is 5.90. The lowest BCUT2D eigenvalue weighted by Gasteiger charge is -2.00. The minimum atomic E-state index is -0.441. The third-order valence-corrected chi connectivity index (χ3v) is 2.17. The molecule has 1 rings (SSSR count). The number of hydrogen-bond acceptors (Lipinski definition) is 2. The molecule has 1 aromatic rings. The third kappa shape index (κ3) is 3.81. The Kier molecular flexibility index (Phi) is 4.64. The second kappa shape index (κ2) is 6.00. The van der Waals surface area contributed by atoms with Gasteiger partial charge in [-0.1, -0.05) is 12.2 Å². The first-order valence-electron chi connectivity index (χ1n) is 5.13. The highest BCUT2D eigenvalue weighted by molar-refractivity contribution is 5.72. The molecular weight excluding hydrogens is 207 g/mol. The average molecular weight is 222 g/mol. The number of halogens is 1. The monoisotopic (exact) mass is 222 g/mol. The van der Waals surface area contributed by atoms with Gasteiger partial charge < -0.3 is 5.32 Å². The van der Waals surface area contributed by atoms with Crippen molar-refractivity contribution in [2.45, 2.75) is 20.3 Å².